The minimum absolute atomic E-state index is 0.0729. The van der Waals surface area contributed by atoms with Gasteiger partial charge in [-0.25, -0.2) is 4.39 Å². The molecule has 0 aliphatic heterocycles. The van der Waals surface area contributed by atoms with E-state index in [1.807, 2.05) is 0 Å². The number of benzene rings is 1. The van der Waals surface area contributed by atoms with E-state index >= 15 is 0 Å². The number of halogens is 5. The summed E-state index contributed by atoms with van der Waals surface area (Å²) in [5.74, 6) is -1.76. The van der Waals surface area contributed by atoms with Crippen LogP contribution in [-0.4, -0.2) is 16.9 Å². The Morgan fingerprint density at radius 3 is 2.30 bits per heavy atom. The highest BCUT2D eigenvalue weighted by atomic mass is 79.9. The van der Waals surface area contributed by atoms with Gasteiger partial charge in [-0.05, 0) is 49.4 Å². The Hall–Kier alpha value is -0.620. The van der Waals surface area contributed by atoms with Gasteiger partial charge in [-0.3, -0.25) is 0 Å². The van der Waals surface area contributed by atoms with Crippen LogP contribution in [0.15, 0.2) is 22.7 Å². The van der Waals surface area contributed by atoms with Crippen LogP contribution >= 0.6 is 15.9 Å². The van der Waals surface area contributed by atoms with Crippen LogP contribution in [0.25, 0.3) is 0 Å². The van der Waals surface area contributed by atoms with Gasteiger partial charge < -0.3 is 5.11 Å². The van der Waals surface area contributed by atoms with Crippen LogP contribution in [0.5, 0.6) is 0 Å². The third-order valence-corrected chi connectivity index (χ3v) is 4.29. The van der Waals surface area contributed by atoms with Crippen molar-refractivity contribution < 1.29 is 22.7 Å². The Morgan fingerprint density at radius 1 is 1.20 bits per heavy atom. The lowest BCUT2D eigenvalue weighted by atomic mass is 9.75. The molecule has 1 aromatic rings. The molecule has 1 N–H and O–H groups in total. The first kappa shape index (κ1) is 15.8. The molecule has 112 valence electrons. The first-order valence-corrected chi connectivity index (χ1v) is 7.21. The van der Waals surface area contributed by atoms with E-state index in [4.69, 9.17) is 0 Å². The lowest BCUT2D eigenvalue weighted by Gasteiger charge is -2.36. The molecular formula is C14H15BrF4O. The molecule has 0 heterocycles. The van der Waals surface area contributed by atoms with Crippen molar-refractivity contribution in [3.63, 3.8) is 0 Å². The molecule has 2 rings (SSSR count). The van der Waals surface area contributed by atoms with Crippen LogP contribution in [0.2, 0.25) is 0 Å². The Labute approximate surface area is 123 Å². The predicted octanol–water partition coefficient (Wildman–Crippen LogP) is 4.61. The van der Waals surface area contributed by atoms with Gasteiger partial charge in [0.25, 0.3) is 0 Å². The number of rotatable bonds is 2. The normalized spacial score (nSPS) is 27.6. The van der Waals surface area contributed by atoms with Gasteiger partial charge >= 0.3 is 6.18 Å². The van der Waals surface area contributed by atoms with Crippen LogP contribution in [0.1, 0.15) is 31.2 Å². The van der Waals surface area contributed by atoms with E-state index in [2.05, 4.69) is 15.9 Å². The molecule has 0 amide bonds. The number of aliphatic hydroxyl groups is 1. The monoisotopic (exact) mass is 354 g/mol. The van der Waals surface area contributed by atoms with E-state index in [1.165, 1.54) is 12.1 Å². The van der Waals surface area contributed by atoms with Gasteiger partial charge in [0.1, 0.15) is 5.82 Å². The zero-order chi connectivity index (χ0) is 15.0. The molecule has 1 fully saturated rings. The summed E-state index contributed by atoms with van der Waals surface area (Å²) in [5, 5.41) is 10.4. The standard InChI is InChI=1S/C14H15BrF4O/c15-11-5-9(6-12(16)7-11)8-13(20)3-1-10(2-4-13)14(17,18)19/h5-7,10,20H,1-4,8H2. The lowest BCUT2D eigenvalue weighted by Crippen LogP contribution is -2.39. The third-order valence-electron chi connectivity index (χ3n) is 3.83. The van der Waals surface area contributed by atoms with Gasteiger partial charge in [-0.1, -0.05) is 15.9 Å². The van der Waals surface area contributed by atoms with E-state index in [0.29, 0.717) is 10.0 Å². The quantitative estimate of drug-likeness (QED) is 0.768. The van der Waals surface area contributed by atoms with Crippen LogP contribution in [0, 0.1) is 11.7 Å². The molecule has 6 heteroatoms. The van der Waals surface area contributed by atoms with Crippen LogP contribution in [0.3, 0.4) is 0 Å². The topological polar surface area (TPSA) is 20.2 Å². The predicted molar refractivity (Wildman–Crippen MR) is 70.8 cm³/mol. The molecule has 0 unspecified atom stereocenters. The average Bonchev–Trinajstić information content (AvgIpc) is 2.25. The molecule has 1 aliphatic carbocycles. The Balaban J connectivity index is 2.03. The molecule has 1 saturated carbocycles. The van der Waals surface area contributed by atoms with Crippen molar-refractivity contribution in [2.45, 2.75) is 43.9 Å². The van der Waals surface area contributed by atoms with Crippen molar-refractivity contribution in [2.24, 2.45) is 5.92 Å². The first-order chi connectivity index (χ1) is 9.18. The summed E-state index contributed by atoms with van der Waals surface area (Å²) < 4.78 is 51.6. The fraction of sp³-hybridized carbons (Fsp3) is 0.571. The second-order valence-electron chi connectivity index (χ2n) is 5.49. The summed E-state index contributed by atoms with van der Waals surface area (Å²) >= 11 is 3.16. The molecule has 0 aromatic heterocycles. The third kappa shape index (κ3) is 3.95. The van der Waals surface area contributed by atoms with Gasteiger partial charge in [0.05, 0.1) is 11.5 Å². The van der Waals surface area contributed by atoms with Crippen LogP contribution in [-0.2, 0) is 6.42 Å². The lowest BCUT2D eigenvalue weighted by molar-refractivity contribution is -0.192. The van der Waals surface area contributed by atoms with E-state index in [1.54, 1.807) is 6.07 Å². The molecule has 0 bridgehead atoms. The SMILES string of the molecule is OC1(Cc2cc(F)cc(Br)c2)CCC(C(F)(F)F)CC1. The second-order valence-corrected chi connectivity index (χ2v) is 6.41. The van der Waals surface area contributed by atoms with Gasteiger partial charge in [-0.15, -0.1) is 0 Å². The summed E-state index contributed by atoms with van der Waals surface area (Å²) in [6, 6.07) is 4.28. The number of hydrogen-bond donors (Lipinski definition) is 1. The van der Waals surface area contributed by atoms with E-state index in [-0.39, 0.29) is 32.1 Å². The van der Waals surface area contributed by atoms with Gasteiger partial charge in [-0.2, -0.15) is 13.2 Å². The molecule has 0 radical (unpaired) electrons. The summed E-state index contributed by atoms with van der Waals surface area (Å²) in [7, 11) is 0. The number of hydrogen-bond acceptors (Lipinski definition) is 1. The van der Waals surface area contributed by atoms with Crippen LogP contribution < -0.4 is 0 Å². The minimum Gasteiger partial charge on any atom is -0.390 e. The highest BCUT2D eigenvalue weighted by Crippen LogP contribution is 2.42. The van der Waals surface area contributed by atoms with Crippen molar-refractivity contribution >= 4 is 15.9 Å². The molecule has 1 aliphatic rings. The molecule has 20 heavy (non-hydrogen) atoms. The highest BCUT2D eigenvalue weighted by Gasteiger charge is 2.45. The summed E-state index contributed by atoms with van der Waals surface area (Å²) in [6.45, 7) is 0. The molecule has 1 aromatic carbocycles. The Bertz CT molecular complexity index is 458. The average molecular weight is 355 g/mol. The highest BCUT2D eigenvalue weighted by molar-refractivity contribution is 9.10. The fourth-order valence-corrected chi connectivity index (χ4v) is 3.26. The molecule has 0 spiro atoms. The zero-order valence-corrected chi connectivity index (χ0v) is 12.3. The molecule has 0 atom stereocenters. The smallest absolute Gasteiger partial charge is 0.390 e. The largest absolute Gasteiger partial charge is 0.391 e. The van der Waals surface area contributed by atoms with Crippen molar-refractivity contribution in [2.75, 3.05) is 0 Å². The van der Waals surface area contributed by atoms with Crippen molar-refractivity contribution in [3.05, 3.63) is 34.1 Å². The molecule has 1 nitrogen and oxygen atoms in total. The molecular weight excluding hydrogens is 340 g/mol. The van der Waals surface area contributed by atoms with Crippen molar-refractivity contribution in [3.8, 4) is 0 Å². The minimum atomic E-state index is -4.19. The zero-order valence-electron chi connectivity index (χ0n) is 10.7. The number of alkyl halides is 3. The maximum absolute atomic E-state index is 13.3. The van der Waals surface area contributed by atoms with Crippen molar-refractivity contribution in [1.82, 2.24) is 0 Å². The Morgan fingerprint density at radius 2 is 1.80 bits per heavy atom. The fourth-order valence-electron chi connectivity index (χ4n) is 2.75. The second kappa shape index (κ2) is 5.64. The van der Waals surface area contributed by atoms with Crippen LogP contribution in [0.4, 0.5) is 17.6 Å². The maximum atomic E-state index is 13.3. The molecule has 0 saturated heterocycles. The van der Waals surface area contributed by atoms with Crippen molar-refractivity contribution in [1.29, 1.82) is 0 Å². The Kier molecular flexibility index (Phi) is 4.44. The maximum Gasteiger partial charge on any atom is 0.391 e. The van der Waals surface area contributed by atoms with Gasteiger partial charge in [0, 0.05) is 10.9 Å². The van der Waals surface area contributed by atoms with E-state index in [0.717, 1.165) is 0 Å². The van der Waals surface area contributed by atoms with Gasteiger partial charge in [0.15, 0.2) is 0 Å². The van der Waals surface area contributed by atoms with E-state index < -0.39 is 23.5 Å². The van der Waals surface area contributed by atoms with Gasteiger partial charge in [0.2, 0.25) is 0 Å². The summed E-state index contributed by atoms with van der Waals surface area (Å²) in [4.78, 5) is 0. The summed E-state index contributed by atoms with van der Waals surface area (Å²) in [6.07, 6.45) is -3.99. The van der Waals surface area contributed by atoms with E-state index in [9.17, 15) is 22.7 Å². The summed E-state index contributed by atoms with van der Waals surface area (Å²) in [5.41, 5.74) is -0.584. The first-order valence-electron chi connectivity index (χ1n) is 6.42.